The van der Waals surface area contributed by atoms with Crippen LogP contribution in [0.3, 0.4) is 0 Å². The van der Waals surface area contributed by atoms with Gasteiger partial charge in [0.1, 0.15) is 24.4 Å². The van der Waals surface area contributed by atoms with Gasteiger partial charge in [0.05, 0.1) is 12.2 Å². The van der Waals surface area contributed by atoms with Crippen LogP contribution in [-0.4, -0.2) is 68.8 Å². The van der Waals surface area contributed by atoms with Gasteiger partial charge >= 0.3 is 5.97 Å². The van der Waals surface area contributed by atoms with E-state index < -0.39 is 43.2 Å². The van der Waals surface area contributed by atoms with Gasteiger partial charge in [-0.1, -0.05) is 0 Å². The van der Waals surface area contributed by atoms with Crippen molar-refractivity contribution in [1.29, 1.82) is 0 Å². The molecule has 1 heterocycles. The van der Waals surface area contributed by atoms with Crippen LogP contribution in [0.2, 0.25) is 0 Å². The number of hydrogen-bond acceptors (Lipinski definition) is 7. The van der Waals surface area contributed by atoms with E-state index in [2.05, 4.69) is 5.32 Å². The average Bonchev–Trinajstić information content (AvgIpc) is 2.48. The van der Waals surface area contributed by atoms with E-state index in [9.17, 15) is 20.1 Å². The van der Waals surface area contributed by atoms with Gasteiger partial charge in [0, 0.05) is 5.69 Å². The Kier molecular flexibility index (Phi) is 4.76. The minimum atomic E-state index is -1.47. The molecule has 0 saturated carbocycles. The van der Waals surface area contributed by atoms with E-state index in [-0.39, 0.29) is 5.56 Å². The molecular weight excluding hydrogens is 282 g/mol. The quantitative estimate of drug-likeness (QED) is 0.399. The van der Waals surface area contributed by atoms with Gasteiger partial charge < -0.3 is 35.6 Å². The molecule has 1 aliphatic rings. The van der Waals surface area contributed by atoms with Crippen molar-refractivity contribution >= 4 is 11.7 Å². The molecule has 0 radical (unpaired) electrons. The van der Waals surface area contributed by atoms with E-state index >= 15 is 0 Å². The van der Waals surface area contributed by atoms with Crippen molar-refractivity contribution in [2.45, 2.75) is 30.6 Å². The number of carboxylic acids is 1. The van der Waals surface area contributed by atoms with E-state index in [1.54, 1.807) is 0 Å². The molecule has 8 nitrogen and oxygen atoms in total. The van der Waals surface area contributed by atoms with Crippen LogP contribution in [0.4, 0.5) is 5.69 Å². The second kappa shape index (κ2) is 6.37. The van der Waals surface area contributed by atoms with Crippen LogP contribution in [-0.2, 0) is 4.74 Å². The highest BCUT2D eigenvalue weighted by Crippen LogP contribution is 2.23. The predicted molar refractivity (Wildman–Crippen MR) is 70.8 cm³/mol. The van der Waals surface area contributed by atoms with Crippen LogP contribution in [0.5, 0.6) is 0 Å². The number of hydrogen-bond donors (Lipinski definition) is 6. The summed E-state index contributed by atoms with van der Waals surface area (Å²) in [6.45, 7) is -0.513. The Bertz CT molecular complexity index is 490. The molecule has 5 atom stereocenters. The number of carbonyl (C=O) groups is 1. The lowest BCUT2D eigenvalue weighted by Crippen LogP contribution is -2.60. The third kappa shape index (κ3) is 3.31. The number of aromatic carboxylic acids is 1. The Labute approximate surface area is 120 Å². The van der Waals surface area contributed by atoms with Crippen LogP contribution >= 0.6 is 0 Å². The SMILES string of the molecule is O=C(O)c1ccc(N[C@@H]2O[C@H](CO)[C@@H](O)[C@@H](O)[C@@H]2O)cc1. The van der Waals surface area contributed by atoms with Gasteiger partial charge in [-0.2, -0.15) is 0 Å². The molecule has 0 aliphatic carbocycles. The van der Waals surface area contributed by atoms with Crippen molar-refractivity contribution in [3.8, 4) is 0 Å². The monoisotopic (exact) mass is 299 g/mol. The summed E-state index contributed by atoms with van der Waals surface area (Å²) in [6, 6.07) is 5.69. The zero-order chi connectivity index (χ0) is 15.6. The summed E-state index contributed by atoms with van der Waals surface area (Å²) in [5.41, 5.74) is 0.568. The number of ether oxygens (including phenoxy) is 1. The average molecular weight is 299 g/mol. The molecule has 8 heteroatoms. The molecule has 116 valence electrons. The van der Waals surface area contributed by atoms with Gasteiger partial charge in [-0.25, -0.2) is 4.79 Å². The summed E-state index contributed by atoms with van der Waals surface area (Å²) in [6.07, 6.45) is -6.33. The van der Waals surface area contributed by atoms with Crippen LogP contribution in [0.1, 0.15) is 10.4 Å². The predicted octanol–water partition coefficient (Wildman–Crippen LogP) is -1.40. The molecule has 6 N–H and O–H groups in total. The van der Waals surface area contributed by atoms with Gasteiger partial charge in [-0.05, 0) is 24.3 Å². The number of aliphatic hydroxyl groups is 4. The first-order valence-electron chi connectivity index (χ1n) is 6.34. The largest absolute Gasteiger partial charge is 0.478 e. The van der Waals surface area contributed by atoms with E-state index in [1.165, 1.54) is 24.3 Å². The lowest BCUT2D eigenvalue weighted by atomic mass is 9.98. The molecule has 0 aromatic heterocycles. The minimum Gasteiger partial charge on any atom is -0.478 e. The molecule has 1 aliphatic heterocycles. The summed E-state index contributed by atoms with van der Waals surface area (Å²) < 4.78 is 5.27. The normalized spacial score (nSPS) is 32.7. The number of aliphatic hydroxyl groups excluding tert-OH is 4. The molecule has 1 aromatic rings. The zero-order valence-corrected chi connectivity index (χ0v) is 11.0. The summed E-state index contributed by atoms with van der Waals surface area (Å²) in [5.74, 6) is -1.06. The fourth-order valence-electron chi connectivity index (χ4n) is 2.09. The van der Waals surface area contributed by atoms with Gasteiger partial charge in [0.15, 0.2) is 6.23 Å². The summed E-state index contributed by atoms with van der Waals surface area (Å²) in [5, 5.41) is 49.8. The molecule has 1 fully saturated rings. The Balaban J connectivity index is 2.08. The maximum absolute atomic E-state index is 10.7. The van der Waals surface area contributed by atoms with Crippen molar-refractivity contribution in [2.75, 3.05) is 11.9 Å². The third-order valence-electron chi connectivity index (χ3n) is 3.33. The fourth-order valence-corrected chi connectivity index (χ4v) is 2.09. The highest BCUT2D eigenvalue weighted by Gasteiger charge is 2.43. The molecule has 2 rings (SSSR count). The van der Waals surface area contributed by atoms with Crippen LogP contribution in [0, 0.1) is 0 Å². The second-order valence-electron chi connectivity index (χ2n) is 4.78. The second-order valence-corrected chi connectivity index (χ2v) is 4.78. The van der Waals surface area contributed by atoms with Crippen molar-refractivity contribution in [3.63, 3.8) is 0 Å². The van der Waals surface area contributed by atoms with E-state index in [4.69, 9.17) is 14.9 Å². The van der Waals surface area contributed by atoms with Crippen molar-refractivity contribution < 1.29 is 35.1 Å². The van der Waals surface area contributed by atoms with Gasteiger partial charge in [0.25, 0.3) is 0 Å². The number of benzene rings is 1. The standard InChI is InChI=1S/C13H17NO7/c15-5-8-9(16)10(17)11(18)12(21-8)14-7-3-1-6(2-4-7)13(19)20/h1-4,8-12,14-18H,5H2,(H,19,20)/t8-,9-,10-,11+,12-/m1/s1. The summed E-state index contributed by atoms with van der Waals surface area (Å²) in [7, 11) is 0. The maximum atomic E-state index is 10.7. The molecule has 1 saturated heterocycles. The Morgan fingerprint density at radius 2 is 1.71 bits per heavy atom. The lowest BCUT2D eigenvalue weighted by Gasteiger charge is -2.40. The highest BCUT2D eigenvalue weighted by molar-refractivity contribution is 5.87. The number of rotatable bonds is 4. The van der Waals surface area contributed by atoms with Gasteiger partial charge in [0.2, 0.25) is 0 Å². The molecule has 1 aromatic carbocycles. The number of carboxylic acid groups (broad SMARTS) is 1. The van der Waals surface area contributed by atoms with Gasteiger partial charge in [-0.3, -0.25) is 0 Å². The van der Waals surface area contributed by atoms with Crippen LogP contribution in [0.15, 0.2) is 24.3 Å². The van der Waals surface area contributed by atoms with Crippen LogP contribution < -0.4 is 5.32 Å². The van der Waals surface area contributed by atoms with Gasteiger partial charge in [-0.15, -0.1) is 0 Å². The Morgan fingerprint density at radius 1 is 1.10 bits per heavy atom. The first-order chi connectivity index (χ1) is 9.93. The zero-order valence-electron chi connectivity index (χ0n) is 11.0. The smallest absolute Gasteiger partial charge is 0.335 e. The molecule has 0 spiro atoms. The van der Waals surface area contributed by atoms with Crippen molar-refractivity contribution in [1.82, 2.24) is 0 Å². The molecule has 0 amide bonds. The Morgan fingerprint density at radius 3 is 2.24 bits per heavy atom. The van der Waals surface area contributed by atoms with E-state index in [0.29, 0.717) is 5.69 Å². The third-order valence-corrected chi connectivity index (χ3v) is 3.33. The summed E-state index contributed by atoms with van der Waals surface area (Å²) in [4.78, 5) is 10.7. The van der Waals surface area contributed by atoms with Crippen LogP contribution in [0.25, 0.3) is 0 Å². The fraction of sp³-hybridized carbons (Fsp3) is 0.462. The van der Waals surface area contributed by atoms with E-state index in [0.717, 1.165) is 0 Å². The summed E-state index contributed by atoms with van der Waals surface area (Å²) >= 11 is 0. The minimum absolute atomic E-state index is 0.106. The highest BCUT2D eigenvalue weighted by atomic mass is 16.6. The lowest BCUT2D eigenvalue weighted by molar-refractivity contribution is -0.221. The van der Waals surface area contributed by atoms with Crippen molar-refractivity contribution in [3.05, 3.63) is 29.8 Å². The number of anilines is 1. The number of nitrogens with one attached hydrogen (secondary N) is 1. The first kappa shape index (κ1) is 15.7. The maximum Gasteiger partial charge on any atom is 0.335 e. The Hall–Kier alpha value is -1.71. The molecule has 0 bridgehead atoms. The van der Waals surface area contributed by atoms with E-state index in [1.807, 2.05) is 0 Å². The molecule has 0 unspecified atom stereocenters. The topological polar surface area (TPSA) is 139 Å². The molecule has 21 heavy (non-hydrogen) atoms. The first-order valence-corrected chi connectivity index (χ1v) is 6.34. The molecular formula is C13H17NO7. The van der Waals surface area contributed by atoms with Crippen molar-refractivity contribution in [2.24, 2.45) is 0 Å².